The number of carbonyl (C=O) groups excluding carboxylic acids is 1. The number of hydrogen-bond acceptors (Lipinski definition) is 3. The first kappa shape index (κ1) is 11.7. The minimum Gasteiger partial charge on any atom is -0.392 e. The van der Waals surface area contributed by atoms with E-state index in [2.05, 4.69) is 10.3 Å². The van der Waals surface area contributed by atoms with Crippen LogP contribution in [0.5, 0.6) is 0 Å². The Morgan fingerprint density at radius 2 is 2.47 bits per heavy atom. The predicted octanol–water partition coefficient (Wildman–Crippen LogP) is 0.511. The fourth-order valence-corrected chi connectivity index (χ4v) is 1.15. The van der Waals surface area contributed by atoms with Crippen molar-refractivity contribution in [1.82, 2.24) is 10.3 Å². The van der Waals surface area contributed by atoms with Crippen molar-refractivity contribution in [3.63, 3.8) is 0 Å². The van der Waals surface area contributed by atoms with E-state index in [0.717, 1.165) is 5.56 Å². The predicted molar refractivity (Wildman–Crippen MR) is 57.2 cm³/mol. The Morgan fingerprint density at radius 1 is 1.67 bits per heavy atom. The van der Waals surface area contributed by atoms with Gasteiger partial charge in [0.1, 0.15) is 0 Å². The summed E-state index contributed by atoms with van der Waals surface area (Å²) in [6, 6.07) is 3.79. The zero-order valence-corrected chi connectivity index (χ0v) is 8.81. The molecule has 0 spiro atoms. The van der Waals surface area contributed by atoms with E-state index in [4.69, 9.17) is 5.11 Å². The highest BCUT2D eigenvalue weighted by Gasteiger charge is 2.03. The van der Waals surface area contributed by atoms with Crippen LogP contribution < -0.4 is 5.32 Å². The third-order valence-electron chi connectivity index (χ3n) is 1.96. The second kappa shape index (κ2) is 6.14. The van der Waals surface area contributed by atoms with Crippen LogP contribution in [0.25, 0.3) is 0 Å². The van der Waals surface area contributed by atoms with E-state index in [1.165, 1.54) is 0 Å². The number of rotatable bonds is 5. The lowest BCUT2D eigenvalue weighted by Gasteiger charge is -2.06. The molecule has 0 aliphatic rings. The number of carbonyl (C=O) groups is 1. The molecular weight excluding hydrogens is 192 g/mol. The molecule has 0 saturated heterocycles. The summed E-state index contributed by atoms with van der Waals surface area (Å²) in [6.45, 7) is 1.95. The Balaban J connectivity index is 2.23. The molecule has 0 aliphatic heterocycles. The van der Waals surface area contributed by atoms with E-state index in [-0.39, 0.29) is 5.91 Å². The van der Waals surface area contributed by atoms with Gasteiger partial charge in [0.05, 0.1) is 6.10 Å². The van der Waals surface area contributed by atoms with E-state index in [9.17, 15) is 4.79 Å². The average Bonchev–Trinajstić information content (AvgIpc) is 2.25. The molecule has 0 aromatic carbocycles. The molecule has 1 atom stereocenters. The summed E-state index contributed by atoms with van der Waals surface area (Å²) in [7, 11) is 0. The van der Waals surface area contributed by atoms with Crippen LogP contribution >= 0.6 is 0 Å². The van der Waals surface area contributed by atoms with Gasteiger partial charge >= 0.3 is 0 Å². The van der Waals surface area contributed by atoms with E-state index < -0.39 is 6.10 Å². The summed E-state index contributed by atoms with van der Waals surface area (Å²) in [4.78, 5) is 15.2. The molecule has 4 nitrogen and oxygen atoms in total. The van der Waals surface area contributed by atoms with E-state index in [1.54, 1.807) is 19.3 Å². The van der Waals surface area contributed by atoms with Crippen LogP contribution in [0.15, 0.2) is 24.5 Å². The summed E-state index contributed by atoms with van der Waals surface area (Å²) >= 11 is 0. The summed E-state index contributed by atoms with van der Waals surface area (Å²) in [5, 5.41) is 11.6. The minimum absolute atomic E-state index is 0.0419. The zero-order chi connectivity index (χ0) is 11.1. The average molecular weight is 208 g/mol. The number of aromatic nitrogens is 1. The van der Waals surface area contributed by atoms with Gasteiger partial charge in [-0.2, -0.15) is 0 Å². The summed E-state index contributed by atoms with van der Waals surface area (Å²) in [5.74, 6) is -0.0419. The van der Waals surface area contributed by atoms with Gasteiger partial charge < -0.3 is 10.4 Å². The van der Waals surface area contributed by atoms with Crippen LogP contribution in [-0.2, 0) is 11.2 Å². The maximum atomic E-state index is 11.3. The highest BCUT2D eigenvalue weighted by atomic mass is 16.3. The van der Waals surface area contributed by atoms with Gasteiger partial charge in [-0.15, -0.1) is 0 Å². The maximum Gasteiger partial charge on any atom is 0.220 e. The SMILES string of the molecule is C[C@@H](O)CNC(=O)CCc1cccnc1. The van der Waals surface area contributed by atoms with Gasteiger partial charge in [0.15, 0.2) is 0 Å². The summed E-state index contributed by atoms with van der Waals surface area (Å²) in [5.41, 5.74) is 1.05. The van der Waals surface area contributed by atoms with Crippen LogP contribution in [0.2, 0.25) is 0 Å². The van der Waals surface area contributed by atoms with Crippen molar-refractivity contribution >= 4 is 5.91 Å². The lowest BCUT2D eigenvalue weighted by molar-refractivity contribution is -0.121. The van der Waals surface area contributed by atoms with Gasteiger partial charge in [-0.05, 0) is 25.0 Å². The number of aliphatic hydroxyl groups is 1. The van der Waals surface area contributed by atoms with Crippen molar-refractivity contribution in [2.24, 2.45) is 0 Å². The van der Waals surface area contributed by atoms with Gasteiger partial charge in [0, 0.05) is 25.4 Å². The zero-order valence-electron chi connectivity index (χ0n) is 8.81. The minimum atomic E-state index is -0.493. The maximum absolute atomic E-state index is 11.3. The van der Waals surface area contributed by atoms with Crippen LogP contribution in [0.1, 0.15) is 18.9 Å². The largest absolute Gasteiger partial charge is 0.392 e. The number of pyridine rings is 1. The second-order valence-electron chi connectivity index (χ2n) is 3.51. The van der Waals surface area contributed by atoms with E-state index >= 15 is 0 Å². The first-order chi connectivity index (χ1) is 7.18. The first-order valence-corrected chi connectivity index (χ1v) is 5.02. The van der Waals surface area contributed by atoms with Crippen molar-refractivity contribution in [2.45, 2.75) is 25.9 Å². The highest BCUT2D eigenvalue weighted by Crippen LogP contribution is 1.99. The molecule has 0 radical (unpaired) electrons. The molecule has 1 amide bonds. The lowest BCUT2D eigenvalue weighted by atomic mass is 10.1. The molecule has 82 valence electrons. The normalized spacial score (nSPS) is 12.1. The molecule has 4 heteroatoms. The number of nitrogens with one attached hydrogen (secondary N) is 1. The Labute approximate surface area is 89.3 Å². The quantitative estimate of drug-likeness (QED) is 0.741. The Bertz CT molecular complexity index is 299. The van der Waals surface area contributed by atoms with Crippen molar-refractivity contribution in [1.29, 1.82) is 0 Å². The number of nitrogens with zero attached hydrogens (tertiary/aromatic N) is 1. The molecule has 1 rings (SSSR count). The smallest absolute Gasteiger partial charge is 0.220 e. The van der Waals surface area contributed by atoms with Crippen molar-refractivity contribution in [3.05, 3.63) is 30.1 Å². The van der Waals surface area contributed by atoms with Crippen molar-refractivity contribution < 1.29 is 9.90 Å². The topological polar surface area (TPSA) is 62.2 Å². The molecule has 15 heavy (non-hydrogen) atoms. The Morgan fingerprint density at radius 3 is 3.07 bits per heavy atom. The molecule has 0 saturated carbocycles. The Hall–Kier alpha value is -1.42. The third kappa shape index (κ3) is 5.12. The number of hydrogen-bond donors (Lipinski definition) is 2. The molecule has 0 fully saturated rings. The molecule has 1 aromatic heterocycles. The van der Waals surface area contributed by atoms with Crippen molar-refractivity contribution in [3.8, 4) is 0 Å². The Kier molecular flexibility index (Phi) is 4.77. The molecular formula is C11H16N2O2. The third-order valence-corrected chi connectivity index (χ3v) is 1.96. The molecule has 1 aromatic rings. The fraction of sp³-hybridized carbons (Fsp3) is 0.455. The highest BCUT2D eigenvalue weighted by molar-refractivity contribution is 5.76. The van der Waals surface area contributed by atoms with Gasteiger partial charge in [-0.25, -0.2) is 0 Å². The molecule has 0 unspecified atom stereocenters. The van der Waals surface area contributed by atoms with Gasteiger partial charge in [-0.1, -0.05) is 6.07 Å². The molecule has 2 N–H and O–H groups in total. The van der Waals surface area contributed by atoms with Crippen LogP contribution in [0.4, 0.5) is 0 Å². The van der Waals surface area contributed by atoms with Gasteiger partial charge in [0.25, 0.3) is 0 Å². The van der Waals surface area contributed by atoms with Crippen LogP contribution in [-0.4, -0.2) is 28.6 Å². The monoisotopic (exact) mass is 208 g/mol. The number of aliphatic hydroxyl groups excluding tert-OH is 1. The fourth-order valence-electron chi connectivity index (χ4n) is 1.15. The van der Waals surface area contributed by atoms with E-state index in [1.807, 2.05) is 12.1 Å². The van der Waals surface area contributed by atoms with Gasteiger partial charge in [0.2, 0.25) is 5.91 Å². The summed E-state index contributed by atoms with van der Waals surface area (Å²) in [6.07, 6.45) is 4.07. The van der Waals surface area contributed by atoms with Crippen molar-refractivity contribution in [2.75, 3.05) is 6.54 Å². The van der Waals surface area contributed by atoms with Crippen LogP contribution in [0, 0.1) is 0 Å². The summed E-state index contributed by atoms with van der Waals surface area (Å²) < 4.78 is 0. The standard InChI is InChI=1S/C11H16N2O2/c1-9(14)7-13-11(15)5-4-10-3-2-6-12-8-10/h2-3,6,8-9,14H,4-5,7H2,1H3,(H,13,15)/t9-/m1/s1. The molecule has 0 aliphatic carbocycles. The molecule has 1 heterocycles. The number of amides is 1. The number of aryl methyl sites for hydroxylation is 1. The van der Waals surface area contributed by atoms with Crippen LogP contribution in [0.3, 0.4) is 0 Å². The van der Waals surface area contributed by atoms with Gasteiger partial charge in [-0.3, -0.25) is 9.78 Å². The second-order valence-corrected chi connectivity index (χ2v) is 3.51. The van der Waals surface area contributed by atoms with E-state index in [0.29, 0.717) is 19.4 Å². The lowest BCUT2D eigenvalue weighted by Crippen LogP contribution is -2.30. The first-order valence-electron chi connectivity index (χ1n) is 5.02. The molecule has 0 bridgehead atoms.